The molecule has 0 aliphatic heterocycles. The van der Waals surface area contributed by atoms with E-state index < -0.39 is 23.3 Å². The summed E-state index contributed by atoms with van der Waals surface area (Å²) in [5, 5.41) is 2.71. The fourth-order valence-electron chi connectivity index (χ4n) is 1.48. The molecule has 1 heterocycles. The van der Waals surface area contributed by atoms with Gasteiger partial charge >= 0.3 is 11.4 Å². The molecule has 2 aromatic rings. The zero-order valence-corrected chi connectivity index (χ0v) is 10.7. The summed E-state index contributed by atoms with van der Waals surface area (Å²) in [7, 11) is 0. The monoisotopic (exact) mass is 301 g/mol. The second kappa shape index (κ2) is 5.80. The van der Waals surface area contributed by atoms with Gasteiger partial charge < -0.3 is 15.2 Å². The summed E-state index contributed by atoms with van der Waals surface area (Å²) in [5.41, 5.74) is 6.27. The van der Waals surface area contributed by atoms with E-state index in [1.165, 1.54) is 18.2 Å². The van der Waals surface area contributed by atoms with Gasteiger partial charge in [0.2, 0.25) is 11.9 Å². The Morgan fingerprint density at radius 2 is 1.85 bits per heavy atom. The smallest absolute Gasteiger partial charge is 0.357 e. The van der Waals surface area contributed by atoms with Gasteiger partial charge in [-0.2, -0.15) is 18.0 Å². The Hall–Kier alpha value is -2.26. The maximum atomic E-state index is 12.9. The number of aromatic nitrogens is 1. The van der Waals surface area contributed by atoms with Crippen LogP contribution in [0.15, 0.2) is 30.3 Å². The lowest BCUT2D eigenvalue weighted by molar-refractivity contribution is 0.459. The molecule has 0 aliphatic rings. The molecule has 6 nitrogen and oxygen atoms in total. The molecule has 20 heavy (non-hydrogen) atoms. The molecule has 106 valence electrons. The number of benzene rings is 1. The minimum Gasteiger partial charge on any atom is -0.396 e. The van der Waals surface area contributed by atoms with Crippen LogP contribution in [-0.4, -0.2) is 13.7 Å². The van der Waals surface area contributed by atoms with Crippen molar-refractivity contribution in [1.29, 1.82) is 0 Å². The molecule has 1 atom stereocenters. The van der Waals surface area contributed by atoms with Crippen molar-refractivity contribution in [2.24, 2.45) is 0 Å². The van der Waals surface area contributed by atoms with E-state index in [9.17, 15) is 13.0 Å². The van der Waals surface area contributed by atoms with E-state index in [1.54, 1.807) is 0 Å². The van der Waals surface area contributed by atoms with Gasteiger partial charge in [-0.25, -0.2) is 0 Å². The van der Waals surface area contributed by atoms with Crippen molar-refractivity contribution >= 4 is 28.4 Å². The van der Waals surface area contributed by atoms with Crippen molar-refractivity contribution in [3.8, 4) is 5.75 Å². The van der Waals surface area contributed by atoms with Gasteiger partial charge in [0.25, 0.3) is 0 Å². The van der Waals surface area contributed by atoms with Crippen LogP contribution in [0.3, 0.4) is 0 Å². The first-order valence-electron chi connectivity index (χ1n) is 5.23. The molecule has 4 N–H and O–H groups in total. The molecule has 0 amide bonds. The fourth-order valence-corrected chi connectivity index (χ4v) is 1.79. The van der Waals surface area contributed by atoms with E-state index in [2.05, 4.69) is 14.5 Å². The second-order valence-corrected chi connectivity index (χ2v) is 4.28. The quantitative estimate of drug-likeness (QED) is 0.455. The van der Waals surface area contributed by atoms with Crippen LogP contribution in [0.5, 0.6) is 5.75 Å². The van der Waals surface area contributed by atoms with Crippen LogP contribution in [0.2, 0.25) is 0 Å². The third-order valence-electron chi connectivity index (χ3n) is 2.22. The maximum Gasteiger partial charge on any atom is 0.357 e. The van der Waals surface area contributed by atoms with Gasteiger partial charge in [0.1, 0.15) is 0 Å². The summed E-state index contributed by atoms with van der Waals surface area (Å²) < 4.78 is 49.5. The molecule has 2 rings (SSSR count). The van der Waals surface area contributed by atoms with Gasteiger partial charge in [0.15, 0.2) is 5.75 Å². The van der Waals surface area contributed by atoms with E-state index >= 15 is 0 Å². The number of nitrogens with two attached hydrogens (primary N) is 1. The number of hydrogen-bond donors (Lipinski definition) is 3. The maximum absolute atomic E-state index is 12.9. The van der Waals surface area contributed by atoms with Crippen LogP contribution in [0.25, 0.3) is 0 Å². The van der Waals surface area contributed by atoms with Crippen molar-refractivity contribution < 1.29 is 21.7 Å². The molecule has 0 aliphatic carbocycles. The van der Waals surface area contributed by atoms with E-state index in [0.717, 1.165) is 12.1 Å². The number of anilines is 3. The molecule has 0 fully saturated rings. The normalized spacial score (nSPS) is 11.9. The number of nitrogens with zero attached hydrogens (tertiary/aromatic N) is 1. The highest BCUT2D eigenvalue weighted by Crippen LogP contribution is 2.27. The molecule has 0 radical (unpaired) electrons. The molecule has 0 saturated heterocycles. The Morgan fingerprint density at radius 3 is 2.40 bits per heavy atom. The van der Waals surface area contributed by atoms with Crippen LogP contribution in [0.4, 0.5) is 25.8 Å². The Bertz CT molecular complexity index is 649. The van der Waals surface area contributed by atoms with Crippen LogP contribution in [-0.2, 0) is 11.4 Å². The van der Waals surface area contributed by atoms with Crippen molar-refractivity contribution in [3.63, 3.8) is 0 Å². The fraction of sp³-hybridized carbons (Fsp3) is 0. The summed E-state index contributed by atoms with van der Waals surface area (Å²) in [4.78, 5) is 2.96. The molecule has 0 bridgehead atoms. The zero-order chi connectivity index (χ0) is 14.7. The predicted molar refractivity (Wildman–Crippen MR) is 69.7 cm³/mol. The molecule has 9 heteroatoms. The van der Waals surface area contributed by atoms with Crippen LogP contribution in [0, 0.1) is 11.9 Å². The molecule has 1 aromatic carbocycles. The third kappa shape index (κ3) is 3.62. The number of rotatable bonds is 4. The molecule has 0 spiro atoms. The first kappa shape index (κ1) is 14.2. The van der Waals surface area contributed by atoms with Gasteiger partial charge in [0, 0.05) is 23.5 Å². The number of hydrogen-bond acceptors (Lipinski definition) is 5. The zero-order valence-electron chi connectivity index (χ0n) is 9.84. The SMILES string of the molecule is Nc1cc(Nc2cc(F)nc(F)c2)ccc1OS(=O)O. The van der Waals surface area contributed by atoms with E-state index in [4.69, 9.17) is 10.3 Å². The Labute approximate surface area is 115 Å². The molecular formula is C11H9F2N3O3S. The van der Waals surface area contributed by atoms with E-state index in [0.29, 0.717) is 5.69 Å². The first-order valence-corrected chi connectivity index (χ1v) is 6.26. The van der Waals surface area contributed by atoms with Crippen molar-refractivity contribution in [2.45, 2.75) is 0 Å². The summed E-state index contributed by atoms with van der Waals surface area (Å²) in [6.45, 7) is 0. The summed E-state index contributed by atoms with van der Waals surface area (Å²) in [6, 6.07) is 6.21. The summed E-state index contributed by atoms with van der Waals surface area (Å²) in [5.74, 6) is -1.91. The second-order valence-electron chi connectivity index (χ2n) is 3.68. The highest BCUT2D eigenvalue weighted by molar-refractivity contribution is 7.74. The third-order valence-corrected chi connectivity index (χ3v) is 2.54. The minimum atomic E-state index is -2.49. The minimum absolute atomic E-state index is 0.0171. The molecular weight excluding hydrogens is 292 g/mol. The van der Waals surface area contributed by atoms with Gasteiger partial charge in [-0.3, -0.25) is 4.55 Å². The standard InChI is InChI=1S/C11H9F2N3O3S/c12-10-4-7(5-11(13)16-10)15-6-1-2-9(8(14)3-6)19-20(17)18/h1-5H,14H2,(H,15,16)(H,17,18). The number of nitrogens with one attached hydrogen (secondary N) is 1. The topological polar surface area (TPSA) is 97.5 Å². The Balaban J connectivity index is 2.21. The van der Waals surface area contributed by atoms with Crippen LogP contribution in [0.1, 0.15) is 0 Å². The van der Waals surface area contributed by atoms with Crippen LogP contribution < -0.4 is 15.2 Å². The lowest BCUT2D eigenvalue weighted by Gasteiger charge is -2.09. The average Bonchev–Trinajstić information content (AvgIpc) is 2.31. The highest BCUT2D eigenvalue weighted by atomic mass is 32.2. The van der Waals surface area contributed by atoms with Crippen LogP contribution >= 0.6 is 0 Å². The number of nitrogen functional groups attached to an aromatic ring is 1. The van der Waals surface area contributed by atoms with Crippen molar-refractivity contribution in [1.82, 2.24) is 4.98 Å². The summed E-state index contributed by atoms with van der Waals surface area (Å²) in [6.07, 6.45) is 0. The lowest BCUT2D eigenvalue weighted by Crippen LogP contribution is -2.01. The number of pyridine rings is 1. The van der Waals surface area contributed by atoms with Gasteiger partial charge in [-0.05, 0) is 18.2 Å². The Morgan fingerprint density at radius 1 is 1.20 bits per heavy atom. The van der Waals surface area contributed by atoms with Gasteiger partial charge in [-0.1, -0.05) is 0 Å². The van der Waals surface area contributed by atoms with Gasteiger partial charge in [-0.15, -0.1) is 0 Å². The molecule has 0 saturated carbocycles. The first-order chi connectivity index (χ1) is 9.44. The van der Waals surface area contributed by atoms with Crippen molar-refractivity contribution in [3.05, 3.63) is 42.2 Å². The van der Waals surface area contributed by atoms with E-state index in [1.807, 2.05) is 0 Å². The highest BCUT2D eigenvalue weighted by Gasteiger charge is 2.07. The Kier molecular flexibility index (Phi) is 4.11. The molecule has 1 aromatic heterocycles. The lowest BCUT2D eigenvalue weighted by atomic mass is 10.2. The summed E-state index contributed by atoms with van der Waals surface area (Å²) >= 11 is -2.49. The largest absolute Gasteiger partial charge is 0.396 e. The van der Waals surface area contributed by atoms with Crippen molar-refractivity contribution in [2.75, 3.05) is 11.1 Å². The van der Waals surface area contributed by atoms with E-state index in [-0.39, 0.29) is 17.1 Å². The van der Waals surface area contributed by atoms with Gasteiger partial charge in [0.05, 0.1) is 5.69 Å². The number of halogens is 2. The molecule has 1 unspecified atom stereocenters. The average molecular weight is 301 g/mol. The predicted octanol–water partition coefficient (Wildman–Crippen LogP) is 2.20.